The number of benzene rings is 1. The van der Waals surface area contributed by atoms with E-state index in [-0.39, 0.29) is 33.4 Å². The Hall–Kier alpha value is -2.84. The molecule has 3 aromatic rings. The van der Waals surface area contributed by atoms with Crippen LogP contribution in [0.15, 0.2) is 30.5 Å². The van der Waals surface area contributed by atoms with Gasteiger partial charge in [-0.1, -0.05) is 11.6 Å². The SMILES string of the molecule is O=C1NCC2(CCNCC2)c2[nH]c(-c3nc(-c4ccc(Cl)cc4F)ncc3F)cc21. The average molecular weight is 430 g/mol. The van der Waals surface area contributed by atoms with Crippen molar-refractivity contribution in [2.45, 2.75) is 18.3 Å². The van der Waals surface area contributed by atoms with E-state index in [1.165, 1.54) is 12.1 Å². The molecule has 1 aromatic carbocycles. The van der Waals surface area contributed by atoms with E-state index in [0.717, 1.165) is 43.9 Å². The van der Waals surface area contributed by atoms with Crippen molar-refractivity contribution in [1.29, 1.82) is 0 Å². The Morgan fingerprint density at radius 2 is 1.87 bits per heavy atom. The number of nitrogens with zero attached hydrogens (tertiary/aromatic N) is 2. The topological polar surface area (TPSA) is 82.7 Å². The zero-order valence-electron chi connectivity index (χ0n) is 15.9. The maximum Gasteiger partial charge on any atom is 0.253 e. The molecule has 30 heavy (non-hydrogen) atoms. The largest absolute Gasteiger partial charge is 0.356 e. The average Bonchev–Trinajstić information content (AvgIpc) is 3.20. The van der Waals surface area contributed by atoms with Gasteiger partial charge in [-0.15, -0.1) is 0 Å². The molecule has 0 aliphatic carbocycles. The lowest BCUT2D eigenvalue weighted by molar-refractivity contribution is 0.0913. The van der Waals surface area contributed by atoms with Gasteiger partial charge in [-0.05, 0) is 50.2 Å². The molecule has 0 bridgehead atoms. The first-order chi connectivity index (χ1) is 14.5. The third-order valence-electron chi connectivity index (χ3n) is 5.91. The third kappa shape index (κ3) is 3.07. The lowest BCUT2D eigenvalue weighted by Crippen LogP contribution is -2.51. The van der Waals surface area contributed by atoms with Crippen molar-refractivity contribution < 1.29 is 13.6 Å². The van der Waals surface area contributed by atoms with Crippen LogP contribution in [0, 0.1) is 11.6 Å². The summed E-state index contributed by atoms with van der Waals surface area (Å²) in [6.07, 6.45) is 2.72. The van der Waals surface area contributed by atoms with Crippen LogP contribution < -0.4 is 10.6 Å². The van der Waals surface area contributed by atoms with Crippen molar-refractivity contribution in [3.8, 4) is 22.8 Å². The first-order valence-electron chi connectivity index (χ1n) is 9.68. The van der Waals surface area contributed by atoms with E-state index in [9.17, 15) is 13.6 Å². The van der Waals surface area contributed by atoms with Crippen LogP contribution in [0.25, 0.3) is 22.8 Å². The Kier molecular flexibility index (Phi) is 4.56. The molecule has 9 heteroatoms. The Balaban J connectivity index is 1.61. The van der Waals surface area contributed by atoms with Crippen molar-refractivity contribution >= 4 is 17.5 Å². The highest BCUT2D eigenvalue weighted by atomic mass is 35.5. The predicted molar refractivity (Wildman–Crippen MR) is 108 cm³/mol. The van der Waals surface area contributed by atoms with Gasteiger partial charge < -0.3 is 15.6 Å². The molecule has 0 atom stereocenters. The number of nitrogens with one attached hydrogen (secondary N) is 3. The molecule has 5 rings (SSSR count). The second kappa shape index (κ2) is 7.14. The van der Waals surface area contributed by atoms with Crippen LogP contribution in [-0.4, -0.2) is 40.5 Å². The van der Waals surface area contributed by atoms with Crippen molar-refractivity contribution in [2.24, 2.45) is 0 Å². The van der Waals surface area contributed by atoms with Gasteiger partial charge in [0.25, 0.3) is 5.91 Å². The molecule has 2 aliphatic heterocycles. The molecule has 1 fully saturated rings. The normalized spacial score (nSPS) is 17.6. The zero-order valence-corrected chi connectivity index (χ0v) is 16.6. The number of hydrogen-bond donors (Lipinski definition) is 3. The van der Waals surface area contributed by atoms with E-state index < -0.39 is 11.6 Å². The second-order valence-electron chi connectivity index (χ2n) is 7.70. The van der Waals surface area contributed by atoms with Gasteiger partial charge in [-0.25, -0.2) is 18.7 Å². The lowest BCUT2D eigenvalue weighted by atomic mass is 9.73. The molecule has 154 valence electrons. The van der Waals surface area contributed by atoms with Crippen LogP contribution in [0.3, 0.4) is 0 Å². The highest BCUT2D eigenvalue weighted by molar-refractivity contribution is 6.30. The van der Waals surface area contributed by atoms with Crippen molar-refractivity contribution in [3.63, 3.8) is 0 Å². The summed E-state index contributed by atoms with van der Waals surface area (Å²) in [7, 11) is 0. The predicted octanol–water partition coefficient (Wildman–Crippen LogP) is 3.43. The Bertz CT molecular complexity index is 1160. The standard InChI is InChI=1S/C21H18ClF2N5O/c22-11-1-2-12(14(23)7-11)19-26-9-15(24)17(29-19)16-8-13-18(28-16)21(10-27-20(13)30)3-5-25-6-4-21/h1-2,7-9,25,28H,3-6,10H2,(H,27,30). The maximum absolute atomic E-state index is 14.7. The van der Waals surface area contributed by atoms with Crippen molar-refractivity contribution in [2.75, 3.05) is 19.6 Å². The van der Waals surface area contributed by atoms with Gasteiger partial charge in [-0.2, -0.15) is 0 Å². The summed E-state index contributed by atoms with van der Waals surface area (Å²) < 4.78 is 29.0. The van der Waals surface area contributed by atoms with Crippen LogP contribution in [0.4, 0.5) is 8.78 Å². The third-order valence-corrected chi connectivity index (χ3v) is 6.15. The number of fused-ring (bicyclic) bond motifs is 2. The number of carbonyl (C=O) groups is 1. The van der Waals surface area contributed by atoms with E-state index in [1.54, 1.807) is 6.07 Å². The van der Waals surface area contributed by atoms with Crippen LogP contribution in [0.2, 0.25) is 5.02 Å². The minimum Gasteiger partial charge on any atom is -0.356 e. The number of rotatable bonds is 2. The van der Waals surface area contributed by atoms with Gasteiger partial charge >= 0.3 is 0 Å². The molecule has 4 heterocycles. The van der Waals surface area contributed by atoms with Gasteiger partial charge in [0.2, 0.25) is 0 Å². The van der Waals surface area contributed by atoms with E-state index in [0.29, 0.717) is 17.8 Å². The van der Waals surface area contributed by atoms with E-state index in [4.69, 9.17) is 11.6 Å². The smallest absolute Gasteiger partial charge is 0.253 e. The minimum absolute atomic E-state index is 0.0133. The summed E-state index contributed by atoms with van der Waals surface area (Å²) in [5.74, 6) is -1.42. The molecule has 6 nitrogen and oxygen atoms in total. The highest BCUT2D eigenvalue weighted by Crippen LogP contribution is 2.39. The number of carbonyl (C=O) groups excluding carboxylic acids is 1. The minimum atomic E-state index is -0.661. The Labute approximate surface area is 176 Å². The van der Waals surface area contributed by atoms with Crippen molar-refractivity contribution in [3.05, 3.63) is 58.4 Å². The fourth-order valence-corrected chi connectivity index (χ4v) is 4.46. The monoisotopic (exact) mass is 429 g/mol. The Morgan fingerprint density at radius 1 is 1.07 bits per heavy atom. The maximum atomic E-state index is 14.7. The van der Waals surface area contributed by atoms with E-state index in [1.807, 2.05) is 0 Å². The van der Waals surface area contributed by atoms with Crippen LogP contribution in [0.5, 0.6) is 0 Å². The first kappa shape index (κ1) is 19.1. The summed E-state index contributed by atoms with van der Waals surface area (Å²) >= 11 is 5.81. The molecule has 0 radical (unpaired) electrons. The number of hydrogen-bond acceptors (Lipinski definition) is 4. The van der Waals surface area contributed by atoms with Crippen LogP contribution in [-0.2, 0) is 5.41 Å². The molecule has 1 amide bonds. The number of aromatic amines is 1. The fraction of sp³-hybridized carbons (Fsp3) is 0.286. The van der Waals surface area contributed by atoms with Gasteiger partial charge in [0.15, 0.2) is 11.6 Å². The van der Waals surface area contributed by atoms with Crippen LogP contribution >= 0.6 is 11.6 Å². The molecule has 3 N–H and O–H groups in total. The number of piperidine rings is 1. The number of halogens is 3. The molecular weight excluding hydrogens is 412 g/mol. The fourth-order valence-electron chi connectivity index (χ4n) is 4.30. The molecular formula is C21H18ClF2N5O. The number of amides is 1. The van der Waals surface area contributed by atoms with E-state index >= 15 is 0 Å². The molecule has 2 aliphatic rings. The summed E-state index contributed by atoms with van der Waals surface area (Å²) in [6, 6.07) is 5.74. The lowest BCUT2D eigenvalue weighted by Gasteiger charge is -2.40. The first-order valence-corrected chi connectivity index (χ1v) is 10.1. The summed E-state index contributed by atoms with van der Waals surface area (Å²) in [6.45, 7) is 2.21. The molecule has 0 unspecified atom stereocenters. The summed E-state index contributed by atoms with van der Waals surface area (Å²) in [5.41, 5.74) is 1.55. The Morgan fingerprint density at radius 3 is 2.63 bits per heavy atom. The summed E-state index contributed by atoms with van der Waals surface area (Å²) in [4.78, 5) is 23.9. The number of H-pyrrole nitrogens is 1. The molecule has 1 spiro atoms. The van der Waals surface area contributed by atoms with E-state index in [2.05, 4.69) is 25.6 Å². The highest BCUT2D eigenvalue weighted by Gasteiger charge is 2.42. The zero-order chi connectivity index (χ0) is 20.9. The molecule has 1 saturated heterocycles. The second-order valence-corrected chi connectivity index (χ2v) is 8.14. The van der Waals surface area contributed by atoms with Crippen LogP contribution in [0.1, 0.15) is 28.9 Å². The van der Waals surface area contributed by atoms with Gasteiger partial charge in [0.05, 0.1) is 23.0 Å². The van der Waals surface area contributed by atoms with Gasteiger partial charge in [0.1, 0.15) is 11.5 Å². The quantitative estimate of drug-likeness (QED) is 0.583. The van der Waals surface area contributed by atoms with Crippen molar-refractivity contribution in [1.82, 2.24) is 25.6 Å². The number of aromatic nitrogens is 3. The summed E-state index contributed by atoms with van der Waals surface area (Å²) in [5, 5.41) is 6.53. The van der Waals surface area contributed by atoms with Gasteiger partial charge in [-0.3, -0.25) is 4.79 Å². The molecule has 0 saturated carbocycles. The van der Waals surface area contributed by atoms with Gasteiger partial charge in [0, 0.05) is 22.7 Å². The molecule has 2 aromatic heterocycles.